The summed E-state index contributed by atoms with van der Waals surface area (Å²) in [5.41, 5.74) is 0.470. The Bertz CT molecular complexity index is 279. The van der Waals surface area contributed by atoms with E-state index < -0.39 is 5.79 Å². The number of ether oxygens (including phenoxy) is 2. The highest BCUT2D eigenvalue weighted by molar-refractivity contribution is 5.91. The first-order valence-electron chi connectivity index (χ1n) is 4.08. The van der Waals surface area contributed by atoms with Gasteiger partial charge in [-0.05, 0) is 12.2 Å². The van der Waals surface area contributed by atoms with Crippen molar-refractivity contribution in [3.63, 3.8) is 0 Å². The van der Waals surface area contributed by atoms with E-state index in [1.54, 1.807) is 18.2 Å². The Kier molecular flexibility index (Phi) is 3.40. The fraction of sp³-hybridized carbons (Fsp3) is 0.444. The third-order valence-corrected chi connectivity index (χ3v) is 2.09. The molecule has 1 rings (SSSR count). The molecule has 0 saturated carbocycles. The highest BCUT2D eigenvalue weighted by Crippen LogP contribution is 2.24. The van der Waals surface area contributed by atoms with Crippen molar-refractivity contribution in [2.24, 2.45) is 5.90 Å². The standard InChI is InChI=1S/C9H13NO4/c1-12-8(11)7-3-5-9(13-2,14-10)6-4-7/h3-5H,6,10H2,1-2H3. The topological polar surface area (TPSA) is 70.8 Å². The van der Waals surface area contributed by atoms with Gasteiger partial charge in [0.25, 0.3) is 0 Å². The van der Waals surface area contributed by atoms with Crippen molar-refractivity contribution in [1.82, 2.24) is 0 Å². The van der Waals surface area contributed by atoms with Gasteiger partial charge in [-0.15, -0.1) is 0 Å². The number of nitrogens with two attached hydrogens (primary N) is 1. The molecule has 0 fully saturated rings. The van der Waals surface area contributed by atoms with Gasteiger partial charge in [0.2, 0.25) is 5.79 Å². The molecule has 1 aliphatic rings. The van der Waals surface area contributed by atoms with E-state index >= 15 is 0 Å². The number of carbonyl (C=O) groups excluding carboxylic acids is 1. The third kappa shape index (κ3) is 2.01. The maximum absolute atomic E-state index is 11.1. The van der Waals surface area contributed by atoms with Gasteiger partial charge in [0.15, 0.2) is 0 Å². The van der Waals surface area contributed by atoms with Gasteiger partial charge in [-0.25, -0.2) is 10.7 Å². The van der Waals surface area contributed by atoms with Crippen molar-refractivity contribution in [3.8, 4) is 0 Å². The molecule has 78 valence electrons. The number of esters is 1. The minimum atomic E-state index is -0.961. The lowest BCUT2D eigenvalue weighted by molar-refractivity contribution is -0.189. The minimum absolute atomic E-state index is 0.376. The highest BCUT2D eigenvalue weighted by Gasteiger charge is 2.29. The van der Waals surface area contributed by atoms with E-state index in [1.807, 2.05) is 0 Å². The fourth-order valence-corrected chi connectivity index (χ4v) is 1.16. The largest absolute Gasteiger partial charge is 0.465 e. The molecule has 0 amide bonds. The van der Waals surface area contributed by atoms with Crippen molar-refractivity contribution in [2.75, 3.05) is 14.2 Å². The van der Waals surface area contributed by atoms with Crippen molar-refractivity contribution >= 4 is 5.97 Å². The van der Waals surface area contributed by atoms with Crippen LogP contribution in [0.15, 0.2) is 23.8 Å². The summed E-state index contributed by atoms with van der Waals surface area (Å²) in [5.74, 6) is 3.73. The van der Waals surface area contributed by atoms with Gasteiger partial charge >= 0.3 is 5.97 Å². The van der Waals surface area contributed by atoms with Crippen molar-refractivity contribution < 1.29 is 19.1 Å². The van der Waals surface area contributed by atoms with E-state index in [0.29, 0.717) is 12.0 Å². The van der Waals surface area contributed by atoms with Gasteiger partial charge in [-0.1, -0.05) is 6.08 Å². The quantitative estimate of drug-likeness (QED) is 0.401. The molecule has 0 aromatic carbocycles. The number of hydrogen-bond donors (Lipinski definition) is 1. The van der Waals surface area contributed by atoms with Crippen molar-refractivity contribution in [1.29, 1.82) is 0 Å². The van der Waals surface area contributed by atoms with Crippen LogP contribution in [0.4, 0.5) is 0 Å². The van der Waals surface area contributed by atoms with Crippen LogP contribution >= 0.6 is 0 Å². The van der Waals surface area contributed by atoms with Gasteiger partial charge in [-0.2, -0.15) is 0 Å². The molecule has 0 heterocycles. The lowest BCUT2D eigenvalue weighted by Gasteiger charge is -2.27. The predicted molar refractivity (Wildman–Crippen MR) is 48.9 cm³/mol. The first kappa shape index (κ1) is 10.9. The van der Waals surface area contributed by atoms with Crippen LogP contribution in [0.25, 0.3) is 0 Å². The molecule has 1 aliphatic carbocycles. The summed E-state index contributed by atoms with van der Waals surface area (Å²) in [5, 5.41) is 0. The summed E-state index contributed by atoms with van der Waals surface area (Å²) < 4.78 is 9.61. The number of carbonyl (C=O) groups is 1. The molecule has 2 N–H and O–H groups in total. The van der Waals surface area contributed by atoms with Gasteiger partial charge in [0.05, 0.1) is 12.7 Å². The van der Waals surface area contributed by atoms with Crippen LogP contribution in [0, 0.1) is 0 Å². The van der Waals surface area contributed by atoms with Crippen molar-refractivity contribution in [3.05, 3.63) is 23.8 Å². The SMILES string of the molecule is COC(=O)C1=CCC(OC)(ON)C=C1. The Labute approximate surface area is 82.1 Å². The van der Waals surface area contributed by atoms with Gasteiger partial charge in [0.1, 0.15) is 0 Å². The average molecular weight is 199 g/mol. The van der Waals surface area contributed by atoms with Crippen LogP contribution < -0.4 is 5.90 Å². The summed E-state index contributed by atoms with van der Waals surface area (Å²) in [7, 11) is 2.81. The normalized spacial score (nSPS) is 25.8. The Morgan fingerprint density at radius 1 is 1.57 bits per heavy atom. The van der Waals surface area contributed by atoms with E-state index in [4.69, 9.17) is 10.6 Å². The second-order valence-corrected chi connectivity index (χ2v) is 2.82. The zero-order chi connectivity index (χ0) is 10.6. The monoisotopic (exact) mass is 199 g/mol. The molecule has 0 saturated heterocycles. The molecule has 0 radical (unpaired) electrons. The van der Waals surface area contributed by atoms with Crippen LogP contribution in [0.2, 0.25) is 0 Å². The highest BCUT2D eigenvalue weighted by atomic mass is 16.8. The number of hydrogen-bond acceptors (Lipinski definition) is 5. The van der Waals surface area contributed by atoms with Crippen molar-refractivity contribution in [2.45, 2.75) is 12.2 Å². The molecule has 14 heavy (non-hydrogen) atoms. The van der Waals surface area contributed by atoms with Crippen LogP contribution in [-0.2, 0) is 19.1 Å². The molecule has 0 aromatic rings. The summed E-state index contributed by atoms with van der Waals surface area (Å²) >= 11 is 0. The molecular weight excluding hydrogens is 186 g/mol. The van der Waals surface area contributed by atoms with E-state index in [9.17, 15) is 4.79 Å². The molecule has 1 atom stereocenters. The molecule has 5 nitrogen and oxygen atoms in total. The zero-order valence-corrected chi connectivity index (χ0v) is 8.15. The number of methoxy groups -OCH3 is 2. The van der Waals surface area contributed by atoms with E-state index in [1.165, 1.54) is 14.2 Å². The maximum Gasteiger partial charge on any atom is 0.337 e. The van der Waals surface area contributed by atoms with Crippen LogP contribution in [-0.4, -0.2) is 26.0 Å². The van der Waals surface area contributed by atoms with Crippen LogP contribution in [0.5, 0.6) is 0 Å². The first-order chi connectivity index (χ1) is 6.67. The molecule has 0 bridgehead atoms. The zero-order valence-electron chi connectivity index (χ0n) is 8.15. The third-order valence-electron chi connectivity index (χ3n) is 2.09. The van der Waals surface area contributed by atoms with Crippen LogP contribution in [0.3, 0.4) is 0 Å². The summed E-state index contributed by atoms with van der Waals surface area (Å²) in [6, 6.07) is 0. The summed E-state index contributed by atoms with van der Waals surface area (Å²) in [6.07, 6.45) is 5.17. The predicted octanol–water partition coefficient (Wildman–Crippen LogP) is 0.279. The first-order valence-corrected chi connectivity index (χ1v) is 4.08. The lowest BCUT2D eigenvalue weighted by Crippen LogP contribution is -2.36. The fourth-order valence-electron chi connectivity index (χ4n) is 1.16. The van der Waals surface area contributed by atoms with Gasteiger partial charge < -0.3 is 9.47 Å². The Hall–Kier alpha value is -1.17. The summed E-state index contributed by atoms with van der Waals surface area (Å²) in [6.45, 7) is 0. The molecule has 0 spiro atoms. The maximum atomic E-state index is 11.1. The second-order valence-electron chi connectivity index (χ2n) is 2.82. The van der Waals surface area contributed by atoms with E-state index in [0.717, 1.165) is 0 Å². The molecular formula is C9H13NO4. The second kappa shape index (κ2) is 4.36. The average Bonchev–Trinajstić information content (AvgIpc) is 2.28. The number of rotatable bonds is 3. The summed E-state index contributed by atoms with van der Waals surface area (Å²) in [4.78, 5) is 15.8. The molecule has 0 aliphatic heterocycles. The Morgan fingerprint density at radius 2 is 2.29 bits per heavy atom. The molecule has 1 unspecified atom stereocenters. The Balaban J connectivity index is 2.74. The van der Waals surface area contributed by atoms with Gasteiger partial charge in [-0.3, -0.25) is 4.84 Å². The van der Waals surface area contributed by atoms with E-state index in [-0.39, 0.29) is 5.97 Å². The van der Waals surface area contributed by atoms with Gasteiger partial charge in [0, 0.05) is 13.5 Å². The lowest BCUT2D eigenvalue weighted by atomic mass is 10.0. The Morgan fingerprint density at radius 3 is 2.64 bits per heavy atom. The molecule has 5 heteroatoms. The van der Waals surface area contributed by atoms with E-state index in [2.05, 4.69) is 9.57 Å². The minimum Gasteiger partial charge on any atom is -0.465 e. The smallest absolute Gasteiger partial charge is 0.337 e. The molecule has 0 aromatic heterocycles. The van der Waals surface area contributed by atoms with Crippen LogP contribution in [0.1, 0.15) is 6.42 Å².